The van der Waals surface area contributed by atoms with E-state index in [9.17, 15) is 24.0 Å². The topological polar surface area (TPSA) is 157 Å². The Kier molecular flexibility index (Phi) is 8.38. The molecule has 1 aliphatic carbocycles. The summed E-state index contributed by atoms with van der Waals surface area (Å²) in [6.45, 7) is 5.75. The van der Waals surface area contributed by atoms with Gasteiger partial charge in [0.05, 0.1) is 11.1 Å². The van der Waals surface area contributed by atoms with Gasteiger partial charge in [0.2, 0.25) is 17.7 Å². The molecule has 1 saturated heterocycles. The highest BCUT2D eigenvalue weighted by atomic mass is 16.5. The number of piperidine rings is 1. The van der Waals surface area contributed by atoms with Crippen LogP contribution in [0.1, 0.15) is 88.8 Å². The van der Waals surface area contributed by atoms with E-state index in [1.165, 1.54) is 6.92 Å². The van der Waals surface area contributed by atoms with E-state index < -0.39 is 29.7 Å². The maximum atomic E-state index is 13.2. The summed E-state index contributed by atoms with van der Waals surface area (Å²) in [4.78, 5) is 62.4. The number of Topliss-reactive ketones (excluding diaryl/α,β-unsaturated/α-hetero) is 1. The number of ketones is 1. The largest absolute Gasteiger partial charge is 0.490 e. The van der Waals surface area contributed by atoms with Crippen molar-refractivity contribution in [3.05, 3.63) is 107 Å². The van der Waals surface area contributed by atoms with Crippen LogP contribution in [0.2, 0.25) is 0 Å². The second-order valence-electron chi connectivity index (χ2n) is 13.3. The number of ether oxygens (including phenoxy) is 2. The number of anilines is 1. The van der Waals surface area contributed by atoms with E-state index in [1.54, 1.807) is 30.3 Å². The van der Waals surface area contributed by atoms with Crippen molar-refractivity contribution >= 4 is 35.1 Å². The Bertz CT molecular complexity index is 2000. The van der Waals surface area contributed by atoms with Crippen LogP contribution in [0.3, 0.4) is 0 Å². The van der Waals surface area contributed by atoms with Crippen LogP contribution in [0, 0.1) is 0 Å². The summed E-state index contributed by atoms with van der Waals surface area (Å²) in [5.41, 5.74) is 3.44. The summed E-state index contributed by atoms with van der Waals surface area (Å²) in [6.07, 6.45) is 1.76. The zero-order valence-electron chi connectivity index (χ0n) is 27.8. The summed E-state index contributed by atoms with van der Waals surface area (Å²) in [6, 6.07) is 23.3. The molecule has 2 N–H and O–H groups in total. The normalized spacial score (nSPS) is 20.1. The third-order valence-corrected chi connectivity index (χ3v) is 9.58. The van der Waals surface area contributed by atoms with Crippen molar-refractivity contribution in [3.8, 4) is 17.4 Å². The van der Waals surface area contributed by atoms with Crippen LogP contribution in [-0.2, 0) is 15.0 Å². The molecule has 50 heavy (non-hydrogen) atoms. The van der Waals surface area contributed by atoms with E-state index in [2.05, 4.69) is 46.8 Å². The van der Waals surface area contributed by atoms with Gasteiger partial charge in [0.15, 0.2) is 5.78 Å². The number of amides is 4. The van der Waals surface area contributed by atoms with Gasteiger partial charge in [-0.25, -0.2) is 0 Å². The molecule has 12 nitrogen and oxygen atoms in total. The van der Waals surface area contributed by atoms with E-state index in [0.29, 0.717) is 17.3 Å². The molecular formula is C38H35N5O7. The van der Waals surface area contributed by atoms with Gasteiger partial charge in [-0.2, -0.15) is 0 Å². The summed E-state index contributed by atoms with van der Waals surface area (Å²) in [5, 5.41) is 13.5. The standard InChI is InChI=1S/C38H35N5O7/c1-21(44)31-14-17-34(42-41-31)50-27-11-6-23(7-12-27)38(2,3)22-4-9-26(10-5-22)49-28-18-25(19-28)39-24-8-13-29-30(20-24)37(48)43(36(29)47)32-15-16-33(45)40-35(32)46/h4-14,17,20,25,28,32,39H,15-16,18-19H2,1-3H3,(H,40,45,46)/t25-,28-,32?. The number of nitrogens with zero attached hydrogens (tertiary/aromatic N) is 3. The number of carbonyl (C=O) groups is 5. The van der Waals surface area contributed by atoms with Crippen LogP contribution < -0.4 is 20.1 Å². The number of carbonyl (C=O) groups excluding carboxylic acids is 5. The second kappa shape index (κ2) is 12.8. The van der Waals surface area contributed by atoms with Gasteiger partial charge in [-0.05, 0) is 66.1 Å². The van der Waals surface area contributed by atoms with Crippen molar-refractivity contribution in [2.75, 3.05) is 5.32 Å². The first-order valence-electron chi connectivity index (χ1n) is 16.5. The second-order valence-corrected chi connectivity index (χ2v) is 13.3. The number of rotatable bonds is 10. The number of fused-ring (bicyclic) bond motifs is 1. The highest BCUT2D eigenvalue weighted by Gasteiger charge is 2.44. The van der Waals surface area contributed by atoms with Crippen molar-refractivity contribution in [3.63, 3.8) is 0 Å². The van der Waals surface area contributed by atoms with Gasteiger partial charge in [0.1, 0.15) is 29.3 Å². The molecule has 0 spiro atoms. The lowest BCUT2D eigenvalue weighted by Crippen LogP contribution is -2.54. The molecule has 1 atom stereocenters. The fraction of sp³-hybridized carbons (Fsp3) is 0.289. The van der Waals surface area contributed by atoms with Crippen LogP contribution in [0.5, 0.6) is 17.4 Å². The zero-order chi connectivity index (χ0) is 35.2. The number of hydrogen-bond donors (Lipinski definition) is 2. The molecule has 3 heterocycles. The Morgan fingerprint density at radius 1 is 0.840 bits per heavy atom. The van der Waals surface area contributed by atoms with Gasteiger partial charge >= 0.3 is 0 Å². The summed E-state index contributed by atoms with van der Waals surface area (Å²) in [5.74, 6) is -0.535. The first-order chi connectivity index (χ1) is 24.0. The molecule has 7 rings (SSSR count). The van der Waals surface area contributed by atoms with E-state index in [-0.39, 0.29) is 53.0 Å². The predicted molar refractivity (Wildman–Crippen MR) is 181 cm³/mol. The van der Waals surface area contributed by atoms with Crippen LogP contribution in [-0.4, -0.2) is 62.7 Å². The molecule has 3 aromatic carbocycles. The molecule has 4 amide bonds. The van der Waals surface area contributed by atoms with Gasteiger partial charge in [-0.15, -0.1) is 10.2 Å². The van der Waals surface area contributed by atoms with Crippen molar-refractivity contribution in [1.82, 2.24) is 20.4 Å². The monoisotopic (exact) mass is 673 g/mol. The van der Waals surface area contributed by atoms with Gasteiger partial charge in [-0.1, -0.05) is 38.1 Å². The van der Waals surface area contributed by atoms with E-state index >= 15 is 0 Å². The Labute approximate surface area is 288 Å². The van der Waals surface area contributed by atoms with Crippen LogP contribution in [0.25, 0.3) is 0 Å². The predicted octanol–water partition coefficient (Wildman–Crippen LogP) is 5.22. The molecular weight excluding hydrogens is 638 g/mol. The van der Waals surface area contributed by atoms with Crippen molar-refractivity contribution in [1.29, 1.82) is 0 Å². The Hall–Kier alpha value is -5.91. The third kappa shape index (κ3) is 6.31. The third-order valence-electron chi connectivity index (χ3n) is 9.58. The lowest BCUT2D eigenvalue weighted by atomic mass is 9.78. The first-order valence-corrected chi connectivity index (χ1v) is 16.5. The summed E-state index contributed by atoms with van der Waals surface area (Å²) >= 11 is 0. The maximum absolute atomic E-state index is 13.2. The first kappa shape index (κ1) is 32.6. The number of nitrogens with one attached hydrogen (secondary N) is 2. The zero-order valence-corrected chi connectivity index (χ0v) is 27.8. The molecule has 2 fully saturated rings. The number of imide groups is 2. The average molecular weight is 674 g/mol. The van der Waals surface area contributed by atoms with E-state index in [1.807, 2.05) is 36.4 Å². The fourth-order valence-corrected chi connectivity index (χ4v) is 6.51. The van der Waals surface area contributed by atoms with Gasteiger partial charge in [0.25, 0.3) is 11.8 Å². The van der Waals surface area contributed by atoms with Crippen molar-refractivity contribution in [2.24, 2.45) is 0 Å². The molecule has 1 aromatic heterocycles. The SMILES string of the molecule is CC(=O)c1ccc(Oc2ccc(C(C)(C)c3ccc(O[C@H]4C[C@H](Nc5ccc6c(c5)C(=O)N(C5CCC(=O)NC5=O)C6=O)C4)cc3)cc2)nn1. The number of aromatic nitrogens is 2. The minimum atomic E-state index is -0.991. The average Bonchev–Trinajstić information content (AvgIpc) is 3.32. The molecule has 1 unspecified atom stereocenters. The minimum Gasteiger partial charge on any atom is -0.490 e. The molecule has 3 aliphatic rings. The highest BCUT2D eigenvalue weighted by molar-refractivity contribution is 6.23. The van der Waals surface area contributed by atoms with E-state index in [4.69, 9.17) is 9.47 Å². The Morgan fingerprint density at radius 3 is 2.12 bits per heavy atom. The van der Waals surface area contributed by atoms with Gasteiger partial charge in [0, 0.05) is 49.4 Å². The molecule has 1 saturated carbocycles. The molecule has 254 valence electrons. The fourth-order valence-electron chi connectivity index (χ4n) is 6.51. The molecule has 0 radical (unpaired) electrons. The van der Waals surface area contributed by atoms with Crippen LogP contribution >= 0.6 is 0 Å². The van der Waals surface area contributed by atoms with Crippen molar-refractivity contribution < 1.29 is 33.4 Å². The molecule has 2 aliphatic heterocycles. The van der Waals surface area contributed by atoms with Crippen LogP contribution in [0.15, 0.2) is 78.9 Å². The highest BCUT2D eigenvalue weighted by Crippen LogP contribution is 2.36. The van der Waals surface area contributed by atoms with Crippen molar-refractivity contribution in [2.45, 2.75) is 70.1 Å². The Balaban J connectivity index is 0.912. The minimum absolute atomic E-state index is 0.0305. The van der Waals surface area contributed by atoms with E-state index in [0.717, 1.165) is 34.6 Å². The molecule has 12 heteroatoms. The lowest BCUT2D eigenvalue weighted by molar-refractivity contribution is -0.136. The van der Waals surface area contributed by atoms with Gasteiger partial charge < -0.3 is 14.8 Å². The maximum Gasteiger partial charge on any atom is 0.262 e. The quantitative estimate of drug-likeness (QED) is 0.169. The Morgan fingerprint density at radius 2 is 1.50 bits per heavy atom. The van der Waals surface area contributed by atoms with Gasteiger partial charge in [-0.3, -0.25) is 34.2 Å². The molecule has 4 aromatic rings. The number of benzene rings is 3. The smallest absolute Gasteiger partial charge is 0.262 e. The summed E-state index contributed by atoms with van der Waals surface area (Å²) < 4.78 is 12.0. The lowest BCUT2D eigenvalue weighted by Gasteiger charge is -2.36. The number of hydrogen-bond acceptors (Lipinski definition) is 10. The molecule has 0 bridgehead atoms. The van der Waals surface area contributed by atoms with Crippen LogP contribution in [0.4, 0.5) is 5.69 Å². The summed E-state index contributed by atoms with van der Waals surface area (Å²) in [7, 11) is 0.